The number of carboxylic acid groups (broad SMARTS) is 1. The first-order valence-electron chi connectivity index (χ1n) is 9.29. The maximum absolute atomic E-state index is 15.6. The summed E-state index contributed by atoms with van der Waals surface area (Å²) in [6, 6.07) is 1.25. The van der Waals surface area contributed by atoms with Crippen LogP contribution in [0.1, 0.15) is 25.3 Å². The monoisotopic (exact) mass is 391 g/mol. The zero-order valence-corrected chi connectivity index (χ0v) is 15.2. The summed E-state index contributed by atoms with van der Waals surface area (Å²) in [5.41, 5.74) is -0.923. The number of piperazine rings is 1. The fraction of sp³-hybridized carbons (Fsp3) is 0.474. The number of rotatable bonds is 3. The number of likely N-dealkylation sites (tertiary alicyclic amines) is 1. The van der Waals surface area contributed by atoms with Crippen LogP contribution in [0.3, 0.4) is 0 Å². The molecule has 0 spiro atoms. The van der Waals surface area contributed by atoms with Crippen molar-refractivity contribution in [3.63, 3.8) is 0 Å². The first kappa shape index (κ1) is 17.4. The summed E-state index contributed by atoms with van der Waals surface area (Å²) in [6.07, 6.45) is 1.99. The molecule has 5 rings (SSSR count). The molecule has 1 N–H and O–H groups in total. The molecule has 2 aromatic rings. The van der Waals surface area contributed by atoms with Gasteiger partial charge in [-0.25, -0.2) is 13.6 Å². The van der Waals surface area contributed by atoms with Crippen LogP contribution in [-0.4, -0.2) is 52.9 Å². The van der Waals surface area contributed by atoms with Gasteiger partial charge in [-0.05, 0) is 32.4 Å². The molecule has 2 saturated heterocycles. The minimum atomic E-state index is -1.64. The third-order valence-electron chi connectivity index (χ3n) is 6.09. The van der Waals surface area contributed by atoms with Crippen LogP contribution in [0.5, 0.6) is 5.75 Å². The lowest BCUT2D eigenvalue weighted by Gasteiger charge is -2.34. The Bertz CT molecular complexity index is 1060. The van der Waals surface area contributed by atoms with Crippen LogP contribution < -0.4 is 15.1 Å². The van der Waals surface area contributed by atoms with Crippen molar-refractivity contribution < 1.29 is 23.4 Å². The summed E-state index contributed by atoms with van der Waals surface area (Å²) in [5, 5.41) is 8.66. The van der Waals surface area contributed by atoms with E-state index < -0.39 is 29.0 Å². The van der Waals surface area contributed by atoms with Gasteiger partial charge in [0.2, 0.25) is 5.43 Å². The summed E-state index contributed by atoms with van der Waals surface area (Å²) in [4.78, 5) is 27.4. The number of likely N-dealkylation sites (N-methyl/N-ethyl adjacent to an activating group) is 1. The molecule has 1 aromatic carbocycles. The van der Waals surface area contributed by atoms with Crippen LogP contribution in [0.25, 0.3) is 10.9 Å². The topological polar surface area (TPSA) is 75.0 Å². The van der Waals surface area contributed by atoms with Crippen molar-refractivity contribution in [2.75, 3.05) is 25.0 Å². The van der Waals surface area contributed by atoms with E-state index >= 15 is 4.39 Å². The van der Waals surface area contributed by atoms with E-state index in [4.69, 9.17) is 5.11 Å². The van der Waals surface area contributed by atoms with Crippen molar-refractivity contribution in [2.24, 2.45) is 0 Å². The molecule has 2 unspecified atom stereocenters. The number of benzene rings is 1. The minimum absolute atomic E-state index is 0.0118. The van der Waals surface area contributed by atoms with Crippen molar-refractivity contribution in [2.45, 2.75) is 37.4 Å². The molecule has 9 heteroatoms. The number of anilines is 1. The number of carbonyl (C=O) groups is 1. The number of ether oxygens (including phenoxy) is 1. The van der Waals surface area contributed by atoms with Gasteiger partial charge in [0, 0.05) is 31.2 Å². The standard InChI is InChI=1S/C19H19F2N3O4/c1-22-6-11-4-10(22)7-23(11)17-13(20)5-12-16(15(17)21)24(9-2-3-9)8-14(18(12)25)28-19(26)27/h5,8-11H,2-4,6-7H2,1H3,(H,26,27). The van der Waals surface area contributed by atoms with Gasteiger partial charge in [0.25, 0.3) is 0 Å². The number of aromatic nitrogens is 1. The zero-order chi connectivity index (χ0) is 19.7. The molecule has 28 heavy (non-hydrogen) atoms. The number of pyridine rings is 1. The number of fused-ring (bicyclic) bond motifs is 3. The highest BCUT2D eigenvalue weighted by Crippen LogP contribution is 2.42. The summed E-state index contributed by atoms with van der Waals surface area (Å²) < 4.78 is 36.7. The lowest BCUT2D eigenvalue weighted by molar-refractivity contribution is 0.143. The Morgan fingerprint density at radius 2 is 1.96 bits per heavy atom. The van der Waals surface area contributed by atoms with Crippen molar-refractivity contribution in [1.29, 1.82) is 0 Å². The Morgan fingerprint density at radius 3 is 2.54 bits per heavy atom. The second-order valence-electron chi connectivity index (χ2n) is 7.88. The van der Waals surface area contributed by atoms with E-state index in [1.54, 1.807) is 4.90 Å². The molecular weight excluding hydrogens is 372 g/mol. The molecule has 2 atom stereocenters. The maximum atomic E-state index is 15.6. The highest BCUT2D eigenvalue weighted by Gasteiger charge is 2.43. The van der Waals surface area contributed by atoms with Crippen LogP contribution in [0.15, 0.2) is 17.1 Å². The van der Waals surface area contributed by atoms with Crippen molar-refractivity contribution in [3.05, 3.63) is 34.1 Å². The molecule has 148 valence electrons. The van der Waals surface area contributed by atoms with E-state index in [-0.39, 0.29) is 34.7 Å². The largest absolute Gasteiger partial charge is 0.511 e. The fourth-order valence-corrected chi connectivity index (χ4v) is 4.62. The van der Waals surface area contributed by atoms with E-state index in [0.29, 0.717) is 6.54 Å². The maximum Gasteiger partial charge on any atom is 0.511 e. The first-order chi connectivity index (χ1) is 13.3. The van der Waals surface area contributed by atoms with Crippen molar-refractivity contribution in [3.8, 4) is 5.75 Å². The number of hydrogen-bond donors (Lipinski definition) is 1. The Morgan fingerprint density at radius 1 is 1.21 bits per heavy atom. The smallest absolute Gasteiger partial charge is 0.449 e. The Balaban J connectivity index is 1.72. The summed E-state index contributed by atoms with van der Waals surface area (Å²) in [5.74, 6) is -2.02. The van der Waals surface area contributed by atoms with Crippen LogP contribution in [0.4, 0.5) is 19.3 Å². The molecule has 3 aliphatic rings. The molecule has 0 amide bonds. The zero-order valence-electron chi connectivity index (χ0n) is 15.2. The Labute approximate surface area is 158 Å². The van der Waals surface area contributed by atoms with Gasteiger partial charge in [-0.1, -0.05) is 0 Å². The van der Waals surface area contributed by atoms with Gasteiger partial charge in [-0.15, -0.1) is 0 Å². The van der Waals surface area contributed by atoms with Crippen LogP contribution >= 0.6 is 0 Å². The molecule has 0 radical (unpaired) electrons. The summed E-state index contributed by atoms with van der Waals surface area (Å²) in [7, 11) is 2.00. The second-order valence-corrected chi connectivity index (χ2v) is 7.88. The highest BCUT2D eigenvalue weighted by molar-refractivity contribution is 5.86. The molecule has 1 saturated carbocycles. The average Bonchev–Trinajstić information content (AvgIpc) is 3.30. The van der Waals surface area contributed by atoms with Gasteiger partial charge in [-0.2, -0.15) is 0 Å². The molecule has 2 aliphatic heterocycles. The van der Waals surface area contributed by atoms with Crippen LogP contribution in [0.2, 0.25) is 0 Å². The average molecular weight is 391 g/mol. The normalized spacial score (nSPS) is 24.3. The highest BCUT2D eigenvalue weighted by atomic mass is 19.1. The predicted octanol–water partition coefficient (Wildman–Crippen LogP) is 2.56. The second kappa shape index (κ2) is 5.91. The first-order valence-corrected chi connectivity index (χ1v) is 9.29. The molecule has 1 aliphatic carbocycles. The van der Waals surface area contributed by atoms with E-state index in [2.05, 4.69) is 9.64 Å². The van der Waals surface area contributed by atoms with Crippen LogP contribution in [0, 0.1) is 11.6 Å². The number of halogens is 2. The van der Waals surface area contributed by atoms with Crippen molar-refractivity contribution >= 4 is 22.7 Å². The van der Waals surface area contributed by atoms with Gasteiger partial charge < -0.3 is 19.3 Å². The van der Waals surface area contributed by atoms with Crippen LogP contribution in [-0.2, 0) is 0 Å². The predicted molar refractivity (Wildman–Crippen MR) is 97.2 cm³/mol. The Hall–Kier alpha value is -2.68. The summed E-state index contributed by atoms with van der Waals surface area (Å²) >= 11 is 0. The number of hydrogen-bond acceptors (Lipinski definition) is 5. The summed E-state index contributed by atoms with van der Waals surface area (Å²) in [6.45, 7) is 1.27. The van der Waals surface area contributed by atoms with Gasteiger partial charge >= 0.3 is 6.16 Å². The third-order valence-corrected chi connectivity index (χ3v) is 6.09. The lowest BCUT2D eigenvalue weighted by Crippen LogP contribution is -2.45. The lowest BCUT2D eigenvalue weighted by atomic mass is 10.1. The van der Waals surface area contributed by atoms with Gasteiger partial charge in [0.15, 0.2) is 11.6 Å². The van der Waals surface area contributed by atoms with Gasteiger partial charge in [-0.3, -0.25) is 9.69 Å². The van der Waals surface area contributed by atoms with Gasteiger partial charge in [0.1, 0.15) is 11.5 Å². The molecule has 3 fully saturated rings. The molecule has 1 aromatic heterocycles. The van der Waals surface area contributed by atoms with E-state index in [1.807, 2.05) is 7.05 Å². The van der Waals surface area contributed by atoms with E-state index in [0.717, 1.165) is 31.9 Å². The van der Waals surface area contributed by atoms with Crippen molar-refractivity contribution in [1.82, 2.24) is 9.47 Å². The SMILES string of the molecule is CN1CC2CC1CN2c1c(F)cc2c(=O)c(OC(=O)O)cn(C3CC3)c2c1F. The Kier molecular flexibility index (Phi) is 3.67. The molecule has 7 nitrogen and oxygen atoms in total. The molecule has 2 bridgehead atoms. The van der Waals surface area contributed by atoms with Gasteiger partial charge in [0.05, 0.1) is 17.1 Å². The quantitative estimate of drug-likeness (QED) is 0.811. The molecule has 3 heterocycles. The molecular formula is C19H19F2N3O4. The fourth-order valence-electron chi connectivity index (χ4n) is 4.62. The number of nitrogens with zero attached hydrogens (tertiary/aromatic N) is 3. The minimum Gasteiger partial charge on any atom is -0.449 e. The van der Waals surface area contributed by atoms with E-state index in [9.17, 15) is 14.0 Å². The van der Waals surface area contributed by atoms with E-state index in [1.165, 1.54) is 10.8 Å². The third kappa shape index (κ3) is 2.49.